The largest absolute Gasteiger partial charge is 0.316 e. The topological polar surface area (TPSA) is 36.1 Å². The van der Waals surface area contributed by atoms with Gasteiger partial charge < -0.3 is 14.9 Å². The summed E-state index contributed by atoms with van der Waals surface area (Å²) in [6.45, 7) is 0. The fourth-order valence-electron chi connectivity index (χ4n) is 2.52. The van der Waals surface area contributed by atoms with Gasteiger partial charge in [0.05, 0.1) is 0 Å². The fraction of sp³-hybridized carbons (Fsp3) is 1.00. The standard InChI is InChI=1S/C9H23N3Si/c1-10-13(11-2,12-3)9-7-5-4-6-8-9/h9-12H,4-8H2,1-3H3. The molecule has 1 aliphatic rings. The molecule has 3 nitrogen and oxygen atoms in total. The van der Waals surface area contributed by atoms with Crippen LogP contribution in [-0.2, 0) is 0 Å². The highest BCUT2D eigenvalue weighted by molar-refractivity contribution is 6.73. The first-order valence-corrected chi connectivity index (χ1v) is 7.43. The van der Waals surface area contributed by atoms with Crippen molar-refractivity contribution in [1.82, 2.24) is 14.9 Å². The van der Waals surface area contributed by atoms with Gasteiger partial charge in [-0.2, -0.15) is 0 Å². The molecule has 0 aromatic rings. The van der Waals surface area contributed by atoms with Gasteiger partial charge in [-0.3, -0.25) is 0 Å². The van der Waals surface area contributed by atoms with E-state index in [1.54, 1.807) is 0 Å². The number of rotatable bonds is 4. The second-order valence-electron chi connectivity index (χ2n) is 3.89. The smallest absolute Gasteiger partial charge is 0.283 e. The maximum atomic E-state index is 3.50. The van der Waals surface area contributed by atoms with Crippen molar-refractivity contribution >= 4 is 8.56 Å². The molecular formula is C9H23N3Si. The summed E-state index contributed by atoms with van der Waals surface area (Å²) in [6, 6.07) is 0. The molecule has 1 saturated carbocycles. The molecule has 0 radical (unpaired) electrons. The van der Waals surface area contributed by atoms with Gasteiger partial charge in [-0.1, -0.05) is 19.3 Å². The van der Waals surface area contributed by atoms with Crippen molar-refractivity contribution < 1.29 is 0 Å². The quantitative estimate of drug-likeness (QED) is 0.592. The molecule has 0 unspecified atom stereocenters. The summed E-state index contributed by atoms with van der Waals surface area (Å²) in [5.41, 5.74) is 0.848. The molecule has 0 aromatic heterocycles. The molecule has 3 N–H and O–H groups in total. The Hall–Kier alpha value is 0.0969. The van der Waals surface area contributed by atoms with Crippen molar-refractivity contribution in [2.45, 2.75) is 37.6 Å². The Morgan fingerprint density at radius 3 is 1.69 bits per heavy atom. The predicted octanol–water partition coefficient (Wildman–Crippen LogP) is 0.918. The van der Waals surface area contributed by atoms with Gasteiger partial charge >= 0.3 is 0 Å². The third-order valence-electron chi connectivity index (χ3n) is 3.40. The summed E-state index contributed by atoms with van der Waals surface area (Å²) in [4.78, 5) is 10.5. The van der Waals surface area contributed by atoms with Gasteiger partial charge in [0.25, 0.3) is 8.56 Å². The fourth-order valence-corrected chi connectivity index (χ4v) is 5.77. The minimum atomic E-state index is -1.57. The van der Waals surface area contributed by atoms with E-state index >= 15 is 0 Å². The highest BCUT2D eigenvalue weighted by atomic mass is 28.4. The van der Waals surface area contributed by atoms with Crippen molar-refractivity contribution in [3.63, 3.8) is 0 Å². The van der Waals surface area contributed by atoms with Gasteiger partial charge in [-0.25, -0.2) is 0 Å². The van der Waals surface area contributed by atoms with E-state index in [4.69, 9.17) is 0 Å². The molecule has 4 heteroatoms. The predicted molar refractivity (Wildman–Crippen MR) is 59.8 cm³/mol. The van der Waals surface area contributed by atoms with Crippen molar-refractivity contribution in [3.05, 3.63) is 0 Å². The summed E-state index contributed by atoms with van der Waals surface area (Å²) in [7, 11) is 4.67. The molecule has 0 heterocycles. The van der Waals surface area contributed by atoms with Crippen molar-refractivity contribution in [3.8, 4) is 0 Å². The number of nitrogens with one attached hydrogen (secondary N) is 3. The van der Waals surface area contributed by atoms with Crippen LogP contribution in [0.3, 0.4) is 0 Å². The summed E-state index contributed by atoms with van der Waals surface area (Å²) in [6.07, 6.45) is 7.01. The molecule has 1 aliphatic carbocycles. The second kappa shape index (κ2) is 5.10. The summed E-state index contributed by atoms with van der Waals surface area (Å²) >= 11 is 0. The maximum Gasteiger partial charge on any atom is 0.283 e. The molecule has 1 fully saturated rings. The van der Waals surface area contributed by atoms with E-state index in [1.165, 1.54) is 32.1 Å². The minimum absolute atomic E-state index is 0.848. The average Bonchev–Trinajstić information content (AvgIpc) is 2.23. The van der Waals surface area contributed by atoms with Crippen LogP contribution in [0.25, 0.3) is 0 Å². The molecule has 0 spiro atoms. The van der Waals surface area contributed by atoms with E-state index in [0.29, 0.717) is 0 Å². The molecule has 0 aliphatic heterocycles. The Balaban J connectivity index is 2.60. The van der Waals surface area contributed by atoms with Crippen LogP contribution in [0.4, 0.5) is 0 Å². The Labute approximate surface area is 82.9 Å². The lowest BCUT2D eigenvalue weighted by molar-refractivity contribution is 0.476. The van der Waals surface area contributed by atoms with E-state index < -0.39 is 8.56 Å². The van der Waals surface area contributed by atoms with Crippen molar-refractivity contribution in [2.24, 2.45) is 0 Å². The molecule has 0 amide bonds. The average molecular weight is 201 g/mol. The third kappa shape index (κ3) is 2.31. The zero-order valence-corrected chi connectivity index (χ0v) is 10.1. The first kappa shape index (κ1) is 11.2. The van der Waals surface area contributed by atoms with Crippen LogP contribution in [0.2, 0.25) is 5.54 Å². The van der Waals surface area contributed by atoms with Gasteiger partial charge in [0.2, 0.25) is 0 Å². The van der Waals surface area contributed by atoms with Gasteiger partial charge in [0, 0.05) is 0 Å². The lowest BCUT2D eigenvalue weighted by Gasteiger charge is -2.39. The van der Waals surface area contributed by atoms with Crippen LogP contribution in [0.1, 0.15) is 32.1 Å². The van der Waals surface area contributed by atoms with Crippen LogP contribution < -0.4 is 14.9 Å². The third-order valence-corrected chi connectivity index (χ3v) is 7.57. The molecule has 0 saturated heterocycles. The van der Waals surface area contributed by atoms with Crippen LogP contribution in [-0.4, -0.2) is 29.7 Å². The number of hydrogen-bond donors (Lipinski definition) is 3. The first-order valence-electron chi connectivity index (χ1n) is 5.36. The molecule has 1 rings (SSSR count). The SMILES string of the molecule is CN[Si](NC)(NC)C1CCCCC1. The first-order chi connectivity index (χ1) is 6.29. The molecule has 0 aromatic carbocycles. The Bertz CT molecular complexity index is 134. The van der Waals surface area contributed by atoms with Crippen molar-refractivity contribution in [2.75, 3.05) is 21.1 Å². The van der Waals surface area contributed by atoms with Crippen LogP contribution in [0.5, 0.6) is 0 Å². The zero-order chi connectivity index (χ0) is 9.73. The second-order valence-corrected chi connectivity index (χ2v) is 7.83. The zero-order valence-electron chi connectivity index (χ0n) is 9.11. The number of hydrogen-bond acceptors (Lipinski definition) is 3. The lowest BCUT2D eigenvalue weighted by atomic mass is 10.0. The van der Waals surface area contributed by atoms with Crippen molar-refractivity contribution in [1.29, 1.82) is 0 Å². The maximum absolute atomic E-state index is 3.50. The molecular weight excluding hydrogens is 178 g/mol. The highest BCUT2D eigenvalue weighted by Gasteiger charge is 2.39. The van der Waals surface area contributed by atoms with Gasteiger partial charge in [0.15, 0.2) is 0 Å². The summed E-state index contributed by atoms with van der Waals surface area (Å²) < 4.78 is 0. The Morgan fingerprint density at radius 1 is 0.846 bits per heavy atom. The van der Waals surface area contributed by atoms with E-state index in [-0.39, 0.29) is 0 Å². The van der Waals surface area contributed by atoms with Gasteiger partial charge in [-0.15, -0.1) is 0 Å². The van der Waals surface area contributed by atoms with E-state index in [9.17, 15) is 0 Å². The van der Waals surface area contributed by atoms with Gasteiger partial charge in [0.1, 0.15) is 0 Å². The monoisotopic (exact) mass is 201 g/mol. The van der Waals surface area contributed by atoms with Crippen LogP contribution in [0, 0.1) is 0 Å². The lowest BCUT2D eigenvalue weighted by Crippen LogP contribution is -2.72. The van der Waals surface area contributed by atoms with E-state index in [0.717, 1.165) is 5.54 Å². The van der Waals surface area contributed by atoms with E-state index in [1.807, 2.05) is 0 Å². The Kier molecular flexibility index (Phi) is 4.38. The summed E-state index contributed by atoms with van der Waals surface area (Å²) in [5, 5.41) is 0. The summed E-state index contributed by atoms with van der Waals surface area (Å²) in [5.74, 6) is 0. The Morgan fingerprint density at radius 2 is 1.31 bits per heavy atom. The highest BCUT2D eigenvalue weighted by Crippen LogP contribution is 2.32. The van der Waals surface area contributed by atoms with Crippen LogP contribution in [0.15, 0.2) is 0 Å². The molecule has 0 atom stereocenters. The van der Waals surface area contributed by atoms with Gasteiger partial charge in [-0.05, 0) is 39.5 Å². The molecule has 0 bridgehead atoms. The van der Waals surface area contributed by atoms with E-state index in [2.05, 4.69) is 36.1 Å². The normalized spacial score (nSPS) is 20.5. The minimum Gasteiger partial charge on any atom is -0.316 e. The van der Waals surface area contributed by atoms with Crippen LogP contribution >= 0.6 is 0 Å². The molecule has 13 heavy (non-hydrogen) atoms. The molecule has 78 valence electrons.